The second-order valence-corrected chi connectivity index (χ2v) is 6.97. The van der Waals surface area contributed by atoms with Gasteiger partial charge in [-0.05, 0) is 36.5 Å². The minimum absolute atomic E-state index is 0. The molecule has 3 rings (SSSR count). The van der Waals surface area contributed by atoms with Crippen molar-refractivity contribution in [2.45, 2.75) is 25.8 Å². The zero-order valence-corrected chi connectivity index (χ0v) is 15.8. The number of benzene rings is 1. The summed E-state index contributed by atoms with van der Waals surface area (Å²) >= 11 is 0. The number of aromatic nitrogens is 1. The molecule has 0 radical (unpaired) electrons. The van der Waals surface area contributed by atoms with Gasteiger partial charge in [-0.2, -0.15) is 0 Å². The van der Waals surface area contributed by atoms with E-state index in [0.29, 0.717) is 24.4 Å². The normalized spacial score (nSPS) is 19.2. The molecule has 8 heteroatoms. The Bertz CT molecular complexity index is 879. The zero-order chi connectivity index (χ0) is 20.3. The predicted molar refractivity (Wildman–Crippen MR) is 105 cm³/mol. The van der Waals surface area contributed by atoms with Crippen LogP contribution in [0.2, 0.25) is 0 Å². The van der Waals surface area contributed by atoms with Gasteiger partial charge in [0.15, 0.2) is 11.6 Å². The molecular weight excluding hydrogens is 363 g/mol. The van der Waals surface area contributed by atoms with Crippen LogP contribution in [0.15, 0.2) is 36.5 Å². The van der Waals surface area contributed by atoms with Crippen molar-refractivity contribution in [2.75, 3.05) is 24.7 Å². The number of nitrogens with one attached hydrogen (secondary N) is 1. The van der Waals surface area contributed by atoms with Gasteiger partial charge < -0.3 is 20.7 Å². The number of hydrogen-bond donors (Lipinski definition) is 2. The molecule has 3 N–H and O–H groups in total. The highest BCUT2D eigenvalue weighted by molar-refractivity contribution is 6.39. The first-order valence-electron chi connectivity index (χ1n) is 9.06. The number of amides is 2. The van der Waals surface area contributed by atoms with E-state index in [1.54, 1.807) is 17.0 Å². The number of piperidine rings is 1. The Hall–Kier alpha value is -3.16. The van der Waals surface area contributed by atoms with Crippen LogP contribution < -0.4 is 15.8 Å². The van der Waals surface area contributed by atoms with E-state index >= 15 is 0 Å². The average Bonchev–Trinajstić information content (AvgIpc) is 2.69. The third kappa shape index (κ3) is 4.21. The van der Waals surface area contributed by atoms with E-state index in [1.165, 1.54) is 31.5 Å². The highest BCUT2D eigenvalue weighted by atomic mass is 19.1. The third-order valence-electron chi connectivity index (χ3n) is 4.89. The molecule has 1 fully saturated rings. The lowest BCUT2D eigenvalue weighted by molar-refractivity contribution is -0.146. The third-order valence-corrected chi connectivity index (χ3v) is 4.89. The van der Waals surface area contributed by atoms with E-state index in [9.17, 15) is 14.0 Å². The lowest BCUT2D eigenvalue weighted by atomic mass is 9.90. The van der Waals surface area contributed by atoms with Crippen LogP contribution in [0.1, 0.15) is 32.8 Å². The first-order chi connectivity index (χ1) is 13.4. The molecule has 1 aliphatic rings. The second kappa shape index (κ2) is 8.24. The molecule has 0 bridgehead atoms. The molecule has 1 aromatic carbocycles. The molecule has 7 nitrogen and oxygen atoms in total. The molecule has 0 aliphatic carbocycles. The largest absolute Gasteiger partial charge is 0.493 e. The van der Waals surface area contributed by atoms with Crippen molar-refractivity contribution >= 4 is 23.3 Å². The van der Waals surface area contributed by atoms with Gasteiger partial charge in [0, 0.05) is 14.0 Å². The Morgan fingerprint density at radius 3 is 2.71 bits per heavy atom. The number of ether oxygens (including phenoxy) is 1. The van der Waals surface area contributed by atoms with Gasteiger partial charge in [0.2, 0.25) is 0 Å². The van der Waals surface area contributed by atoms with Crippen LogP contribution >= 0.6 is 0 Å². The molecule has 1 aliphatic heterocycles. The molecule has 2 amide bonds. The van der Waals surface area contributed by atoms with Crippen molar-refractivity contribution in [3.8, 4) is 5.75 Å². The maximum Gasteiger partial charge on any atom is 0.313 e. The smallest absolute Gasteiger partial charge is 0.313 e. The summed E-state index contributed by atoms with van der Waals surface area (Å²) in [6, 6.07) is 7.27. The maximum atomic E-state index is 13.3. The van der Waals surface area contributed by atoms with Crippen LogP contribution in [0, 0.1) is 11.7 Å². The number of nitrogens with zero attached hydrogens (tertiary/aromatic N) is 2. The van der Waals surface area contributed by atoms with Crippen molar-refractivity contribution in [2.24, 2.45) is 5.92 Å². The number of hydrogen-bond acceptors (Lipinski definition) is 5. The van der Waals surface area contributed by atoms with Gasteiger partial charge in [0.1, 0.15) is 5.82 Å². The van der Waals surface area contributed by atoms with E-state index in [2.05, 4.69) is 10.3 Å². The van der Waals surface area contributed by atoms with Gasteiger partial charge in [-0.3, -0.25) is 9.59 Å². The molecule has 2 aromatic rings. The Labute approximate surface area is 164 Å². The summed E-state index contributed by atoms with van der Waals surface area (Å²) in [6.07, 6.45) is 2.99. The standard InChI is InChI=1S/C20H23FN4O3.H2/c1-12-3-8-16(13-4-6-14(21)7-5-13)25(11-12)20(27)19(26)24-15-9-17(28-2)18(22)23-10-15;/h4-7,9-10,12,16H,3,8,11H2,1-2H3,(H2,22,23)(H,24,26);1H/t12-,16+;/m0./s1. The SMILES string of the molecule is COc1cc(NC(=O)C(=O)N2C[C@@H](C)CC[C@@H]2c2ccc(F)cc2)cnc1N.[HH]. The van der Waals surface area contributed by atoms with Gasteiger partial charge >= 0.3 is 11.8 Å². The average molecular weight is 388 g/mol. The van der Waals surface area contributed by atoms with Gasteiger partial charge in [-0.25, -0.2) is 9.37 Å². The van der Waals surface area contributed by atoms with Crippen molar-refractivity contribution < 1.29 is 20.1 Å². The van der Waals surface area contributed by atoms with Crippen LogP contribution in [0.5, 0.6) is 5.75 Å². The van der Waals surface area contributed by atoms with Crippen molar-refractivity contribution in [1.82, 2.24) is 9.88 Å². The molecule has 0 spiro atoms. The second-order valence-electron chi connectivity index (χ2n) is 6.97. The van der Waals surface area contributed by atoms with Crippen LogP contribution in [-0.2, 0) is 9.59 Å². The highest BCUT2D eigenvalue weighted by Gasteiger charge is 2.34. The number of carbonyl (C=O) groups is 2. The quantitative estimate of drug-likeness (QED) is 0.788. The van der Waals surface area contributed by atoms with Crippen LogP contribution in [0.4, 0.5) is 15.9 Å². The molecule has 1 aromatic heterocycles. The van der Waals surface area contributed by atoms with Crippen molar-refractivity contribution in [3.63, 3.8) is 0 Å². The summed E-state index contributed by atoms with van der Waals surface area (Å²) in [5, 5.41) is 2.55. The number of likely N-dealkylation sites (tertiary alicyclic amines) is 1. The fourth-order valence-electron chi connectivity index (χ4n) is 3.41. The Kier molecular flexibility index (Phi) is 5.77. The summed E-state index contributed by atoms with van der Waals surface area (Å²) in [5.41, 5.74) is 6.79. The van der Waals surface area contributed by atoms with E-state index in [-0.39, 0.29) is 25.0 Å². The fourth-order valence-corrected chi connectivity index (χ4v) is 3.41. The van der Waals surface area contributed by atoms with Gasteiger partial charge in [-0.15, -0.1) is 0 Å². The summed E-state index contributed by atoms with van der Waals surface area (Å²) in [4.78, 5) is 30.9. The molecule has 150 valence electrons. The summed E-state index contributed by atoms with van der Waals surface area (Å²) in [6.45, 7) is 2.49. The van der Waals surface area contributed by atoms with Crippen LogP contribution in [0.25, 0.3) is 0 Å². The first-order valence-corrected chi connectivity index (χ1v) is 9.06. The summed E-state index contributed by atoms with van der Waals surface area (Å²) in [5.74, 6) is -0.985. The Balaban J connectivity index is 0.00000300. The molecule has 0 saturated carbocycles. The van der Waals surface area contributed by atoms with E-state index in [4.69, 9.17) is 10.5 Å². The number of anilines is 2. The first kappa shape index (κ1) is 19.6. The predicted octanol–water partition coefficient (Wildman–Crippen LogP) is 3.00. The molecule has 0 unspecified atom stereocenters. The molecule has 1 saturated heterocycles. The number of pyridine rings is 1. The lowest BCUT2D eigenvalue weighted by Gasteiger charge is -2.38. The molecule has 2 atom stereocenters. The van der Waals surface area contributed by atoms with Crippen molar-refractivity contribution in [1.29, 1.82) is 0 Å². The highest BCUT2D eigenvalue weighted by Crippen LogP contribution is 2.33. The van der Waals surface area contributed by atoms with Gasteiger partial charge in [-0.1, -0.05) is 19.1 Å². The number of nitrogens with two attached hydrogens (primary N) is 1. The monoisotopic (exact) mass is 388 g/mol. The molecule has 28 heavy (non-hydrogen) atoms. The Morgan fingerprint density at radius 1 is 1.32 bits per heavy atom. The summed E-state index contributed by atoms with van der Waals surface area (Å²) in [7, 11) is 1.44. The van der Waals surface area contributed by atoms with Gasteiger partial charge in [0.05, 0.1) is 25.0 Å². The van der Waals surface area contributed by atoms with Crippen LogP contribution in [-0.4, -0.2) is 35.4 Å². The van der Waals surface area contributed by atoms with Crippen molar-refractivity contribution in [3.05, 3.63) is 47.9 Å². The lowest BCUT2D eigenvalue weighted by Crippen LogP contribution is -2.46. The van der Waals surface area contributed by atoms with Gasteiger partial charge in [0.25, 0.3) is 0 Å². The fraction of sp³-hybridized carbons (Fsp3) is 0.350. The number of nitrogen functional groups attached to an aromatic ring is 1. The number of methoxy groups -OCH3 is 1. The topological polar surface area (TPSA) is 97.5 Å². The molecule has 2 heterocycles. The minimum atomic E-state index is -0.769. The minimum Gasteiger partial charge on any atom is -0.493 e. The Morgan fingerprint density at radius 2 is 2.04 bits per heavy atom. The van der Waals surface area contributed by atoms with E-state index in [0.717, 1.165) is 12.0 Å². The zero-order valence-electron chi connectivity index (χ0n) is 15.8. The van der Waals surface area contributed by atoms with Crippen LogP contribution in [0.3, 0.4) is 0 Å². The number of halogens is 1. The maximum absolute atomic E-state index is 13.3. The summed E-state index contributed by atoms with van der Waals surface area (Å²) < 4.78 is 18.3. The number of rotatable bonds is 3. The van der Waals surface area contributed by atoms with E-state index < -0.39 is 11.8 Å². The van der Waals surface area contributed by atoms with E-state index in [1.807, 2.05) is 6.92 Å². The molecular formula is C20H25FN4O3. The number of carbonyl (C=O) groups excluding carboxylic acids is 2.